The molecular formula is C16H14N2O5S. The van der Waals surface area contributed by atoms with Crippen LogP contribution in [0.2, 0.25) is 0 Å². The number of rotatable bonds is 2. The normalized spacial score (nSPS) is 13.9. The highest BCUT2D eigenvalue weighted by atomic mass is 32.3. The van der Waals surface area contributed by atoms with Gasteiger partial charge in [0.25, 0.3) is 0 Å². The molecule has 1 aliphatic rings. The fourth-order valence-corrected chi connectivity index (χ4v) is 2.52. The Bertz CT molecular complexity index is 950. The van der Waals surface area contributed by atoms with Crippen LogP contribution >= 0.6 is 0 Å². The van der Waals surface area contributed by atoms with Crippen molar-refractivity contribution in [1.82, 2.24) is 0 Å². The lowest BCUT2D eigenvalue weighted by Crippen LogP contribution is -2.16. The second kappa shape index (κ2) is 7.31. The Morgan fingerprint density at radius 2 is 1.92 bits per heavy atom. The van der Waals surface area contributed by atoms with E-state index in [1.165, 1.54) is 0 Å². The fourth-order valence-electron chi connectivity index (χ4n) is 2.52. The molecule has 0 bridgehead atoms. The van der Waals surface area contributed by atoms with Crippen molar-refractivity contribution < 1.29 is 26.9 Å². The molecule has 8 heteroatoms. The van der Waals surface area contributed by atoms with Crippen molar-refractivity contribution in [2.75, 3.05) is 0 Å². The number of benzene rings is 2. The van der Waals surface area contributed by atoms with Crippen LogP contribution in [0.5, 0.6) is 0 Å². The molecule has 0 aliphatic carbocycles. The maximum absolute atomic E-state index is 11.7. The number of hydrogen-bond donors (Lipinski definition) is 1. The third-order valence-electron chi connectivity index (χ3n) is 3.52. The average Bonchev–Trinajstić information content (AvgIpc) is 2.91. The number of nitriles is 1. The molecule has 1 aliphatic heterocycles. The van der Waals surface area contributed by atoms with Crippen LogP contribution in [0.3, 0.4) is 0 Å². The van der Waals surface area contributed by atoms with Crippen LogP contribution in [0, 0.1) is 11.3 Å². The molecule has 0 fully saturated rings. The largest absolute Gasteiger partial charge is 0.726 e. The molecule has 0 radical (unpaired) electrons. The lowest BCUT2D eigenvalue weighted by atomic mass is 9.99. The van der Waals surface area contributed by atoms with E-state index in [2.05, 4.69) is 6.07 Å². The van der Waals surface area contributed by atoms with Gasteiger partial charge in [-0.1, -0.05) is 30.3 Å². The third kappa shape index (κ3) is 4.70. The molecule has 124 valence electrons. The topological polar surface area (TPSA) is 121 Å². The van der Waals surface area contributed by atoms with Gasteiger partial charge in [-0.3, -0.25) is 4.55 Å². The Labute approximate surface area is 139 Å². The van der Waals surface area contributed by atoms with Crippen molar-refractivity contribution in [1.29, 1.82) is 5.26 Å². The molecule has 0 atom stereocenters. The molecule has 0 aromatic heterocycles. The summed E-state index contributed by atoms with van der Waals surface area (Å²) in [4.78, 5) is 11.7. The van der Waals surface area contributed by atoms with E-state index in [9.17, 15) is 10.1 Å². The van der Waals surface area contributed by atoms with Gasteiger partial charge in [-0.25, -0.2) is 13.2 Å². The zero-order chi connectivity index (χ0) is 17.7. The Morgan fingerprint density at radius 3 is 2.50 bits per heavy atom. The molecule has 1 amide bonds. The first-order chi connectivity index (χ1) is 11.3. The van der Waals surface area contributed by atoms with Gasteiger partial charge in [0, 0.05) is 12.0 Å². The summed E-state index contributed by atoms with van der Waals surface area (Å²) < 4.78 is 34.6. The second-order valence-electron chi connectivity index (χ2n) is 5.10. The third-order valence-corrected chi connectivity index (χ3v) is 3.52. The number of hydrogen-bond acceptors (Lipinski definition) is 5. The van der Waals surface area contributed by atoms with Crippen LogP contribution in [0.4, 0.5) is 0 Å². The average molecular weight is 346 g/mol. The molecule has 2 aromatic carbocycles. The highest BCUT2D eigenvalue weighted by Crippen LogP contribution is 2.23. The maximum atomic E-state index is 11.7. The van der Waals surface area contributed by atoms with E-state index in [-0.39, 0.29) is 5.91 Å². The predicted octanol–water partition coefficient (Wildman–Crippen LogP) is 1.62. The molecule has 7 nitrogen and oxygen atoms in total. The lowest BCUT2D eigenvalue weighted by molar-refractivity contribution is -0.454. The van der Waals surface area contributed by atoms with Gasteiger partial charge in [-0.2, -0.15) is 9.84 Å². The molecule has 0 spiro atoms. The van der Waals surface area contributed by atoms with Crippen molar-refractivity contribution in [3.05, 3.63) is 47.5 Å². The minimum Gasteiger partial charge on any atom is -0.726 e. The van der Waals surface area contributed by atoms with Crippen molar-refractivity contribution in [3.63, 3.8) is 0 Å². The predicted molar refractivity (Wildman–Crippen MR) is 85.3 cm³/mol. The molecule has 3 rings (SSSR count). The molecule has 0 unspecified atom stereocenters. The zero-order valence-electron chi connectivity index (χ0n) is 12.5. The van der Waals surface area contributed by atoms with Crippen LogP contribution < -0.4 is 0 Å². The van der Waals surface area contributed by atoms with Gasteiger partial charge in [-0.05, 0) is 16.8 Å². The molecule has 1 heterocycles. The molecular weight excluding hydrogens is 332 g/mol. The summed E-state index contributed by atoms with van der Waals surface area (Å²) in [5.41, 5.74) is 1.58. The first-order valence-electron chi connectivity index (χ1n) is 7.01. The highest BCUT2D eigenvalue weighted by molar-refractivity contribution is 7.79. The lowest BCUT2D eigenvalue weighted by Gasteiger charge is -2.06. The number of carbonyl (C=O) groups is 1. The quantitative estimate of drug-likeness (QED) is 0.501. The molecule has 1 N–H and O–H groups in total. The number of fused-ring (bicyclic) bond motifs is 1. The number of amides is 1. The van der Waals surface area contributed by atoms with Gasteiger partial charge in [0.05, 0.1) is 18.1 Å². The molecule has 0 saturated heterocycles. The van der Waals surface area contributed by atoms with Gasteiger partial charge in [0.15, 0.2) is 6.54 Å². The highest BCUT2D eigenvalue weighted by Gasteiger charge is 2.25. The Kier molecular flexibility index (Phi) is 5.41. The van der Waals surface area contributed by atoms with Crippen molar-refractivity contribution in [2.24, 2.45) is 0 Å². The molecule has 2 aromatic rings. The van der Waals surface area contributed by atoms with Crippen LogP contribution in [0.15, 0.2) is 36.4 Å². The maximum Gasteiger partial charge on any atom is 0.387 e. The second-order valence-corrected chi connectivity index (χ2v) is 5.95. The summed E-state index contributed by atoms with van der Waals surface area (Å²) in [6.07, 6.45) is 3.30. The van der Waals surface area contributed by atoms with E-state index in [0.29, 0.717) is 18.5 Å². The molecule has 24 heavy (non-hydrogen) atoms. The van der Waals surface area contributed by atoms with Gasteiger partial charge in [0.2, 0.25) is 10.4 Å². The Hall–Kier alpha value is -2.60. The Balaban J connectivity index is 0.000000368. The van der Waals surface area contributed by atoms with Gasteiger partial charge >= 0.3 is 5.91 Å². The zero-order valence-corrected chi connectivity index (χ0v) is 13.4. The summed E-state index contributed by atoms with van der Waals surface area (Å²) in [6, 6.07) is 14.0. The van der Waals surface area contributed by atoms with E-state index in [0.717, 1.165) is 22.8 Å². The summed E-state index contributed by atoms with van der Waals surface area (Å²) in [5.74, 6) is 0.136. The fraction of sp³-hybridized carbons (Fsp3) is 0.188. The van der Waals surface area contributed by atoms with E-state index in [1.807, 2.05) is 42.6 Å². The molecule has 0 saturated carbocycles. The van der Waals surface area contributed by atoms with Gasteiger partial charge in [-0.15, -0.1) is 0 Å². The van der Waals surface area contributed by atoms with Crippen LogP contribution in [0.1, 0.15) is 24.0 Å². The van der Waals surface area contributed by atoms with Gasteiger partial charge < -0.3 is 4.55 Å². The summed E-state index contributed by atoms with van der Waals surface area (Å²) in [5, 5.41) is 11.4. The summed E-state index contributed by atoms with van der Waals surface area (Å²) in [6.45, 7) is 0.489. The van der Waals surface area contributed by atoms with Crippen molar-refractivity contribution in [2.45, 2.75) is 19.4 Å². The first kappa shape index (κ1) is 17.7. The summed E-state index contributed by atoms with van der Waals surface area (Å²) >= 11 is 0. The Morgan fingerprint density at radius 1 is 1.25 bits per heavy atom. The van der Waals surface area contributed by atoms with Crippen molar-refractivity contribution in [3.8, 4) is 6.07 Å². The van der Waals surface area contributed by atoms with Crippen LogP contribution in [0.25, 0.3) is 10.8 Å². The standard InChI is InChI=1S/C16H13N2O.H2O4S/c17-10-13-8-7-12-4-1-2-5-14(12)15(13)11-18-9-3-6-16(18)19;1-5(2,3)4/h1-2,4-5,7-9H,3,6,11H2;(H2,1,2,3,4)/q+1;/p-1. The van der Waals surface area contributed by atoms with Crippen LogP contribution in [-0.2, 0) is 21.7 Å². The van der Waals surface area contributed by atoms with Crippen LogP contribution in [-0.4, -0.2) is 34.2 Å². The summed E-state index contributed by atoms with van der Waals surface area (Å²) in [7, 11) is -4.92. The number of nitrogens with zero attached hydrogens (tertiary/aromatic N) is 2. The first-order valence-corrected chi connectivity index (χ1v) is 8.38. The van der Waals surface area contributed by atoms with Gasteiger partial charge in [0.1, 0.15) is 6.21 Å². The minimum absolute atomic E-state index is 0.136. The smallest absolute Gasteiger partial charge is 0.387 e. The monoisotopic (exact) mass is 346 g/mol. The van der Waals surface area contributed by atoms with E-state index < -0.39 is 10.4 Å². The minimum atomic E-state index is -4.92. The SMILES string of the molecule is N#Cc1ccc2ccccc2c1C[N+]1=CCCC1=O.O=S(=O)([O-])O. The van der Waals surface area contributed by atoms with E-state index in [1.54, 1.807) is 4.58 Å². The van der Waals surface area contributed by atoms with Crippen molar-refractivity contribution >= 4 is 33.3 Å². The number of carbonyl (C=O) groups excluding carboxylic acids is 1. The van der Waals surface area contributed by atoms with E-state index >= 15 is 0 Å². The van der Waals surface area contributed by atoms with E-state index in [4.69, 9.17) is 17.5 Å².